The first kappa shape index (κ1) is 9.49. The van der Waals surface area contributed by atoms with Gasteiger partial charge in [-0.15, -0.1) is 0 Å². The molecule has 2 aliphatic rings. The molecule has 0 aliphatic carbocycles. The first-order valence-electron chi connectivity index (χ1n) is 5.24. The molecule has 78 valence electrons. The number of hydrogen-bond acceptors (Lipinski definition) is 2. The maximum atomic E-state index is 11.9. The van der Waals surface area contributed by atoms with Crippen molar-refractivity contribution in [1.82, 2.24) is 9.80 Å². The van der Waals surface area contributed by atoms with Crippen molar-refractivity contribution in [2.45, 2.75) is 31.7 Å². The van der Waals surface area contributed by atoms with Crippen LogP contribution in [0.25, 0.3) is 0 Å². The smallest absolute Gasteiger partial charge is 0.245 e. The third kappa shape index (κ3) is 1.49. The van der Waals surface area contributed by atoms with Crippen LogP contribution in [0.3, 0.4) is 0 Å². The fourth-order valence-corrected chi connectivity index (χ4v) is 2.24. The van der Waals surface area contributed by atoms with Gasteiger partial charge in [-0.3, -0.25) is 9.59 Å². The predicted molar refractivity (Wildman–Crippen MR) is 51.6 cm³/mol. The van der Waals surface area contributed by atoms with E-state index in [9.17, 15) is 9.59 Å². The van der Waals surface area contributed by atoms with Crippen molar-refractivity contribution in [3.05, 3.63) is 0 Å². The molecular weight excluding hydrogens is 180 g/mol. The van der Waals surface area contributed by atoms with Crippen molar-refractivity contribution in [1.29, 1.82) is 0 Å². The zero-order chi connectivity index (χ0) is 10.1. The van der Waals surface area contributed by atoms with Crippen LogP contribution in [0.4, 0.5) is 0 Å². The van der Waals surface area contributed by atoms with Crippen molar-refractivity contribution in [2.75, 3.05) is 20.1 Å². The Morgan fingerprint density at radius 1 is 1.36 bits per heavy atom. The van der Waals surface area contributed by atoms with Crippen LogP contribution in [0.1, 0.15) is 25.7 Å². The lowest BCUT2D eigenvalue weighted by Gasteiger charge is -2.24. The highest BCUT2D eigenvalue weighted by molar-refractivity contribution is 5.90. The molecule has 1 atom stereocenters. The van der Waals surface area contributed by atoms with Gasteiger partial charge in [0.2, 0.25) is 11.8 Å². The first-order chi connectivity index (χ1) is 6.70. The maximum Gasteiger partial charge on any atom is 0.245 e. The minimum atomic E-state index is -0.180. The molecule has 4 nitrogen and oxygen atoms in total. The van der Waals surface area contributed by atoms with E-state index >= 15 is 0 Å². The number of likely N-dealkylation sites (tertiary alicyclic amines) is 2. The second kappa shape index (κ2) is 3.59. The lowest BCUT2D eigenvalue weighted by Crippen LogP contribution is -2.44. The quantitative estimate of drug-likeness (QED) is 0.602. The van der Waals surface area contributed by atoms with Gasteiger partial charge in [0.25, 0.3) is 0 Å². The standard InChI is InChI=1S/C10H16N2O2/c1-11-8(4-5-9(11)13)10(14)12-6-2-3-7-12/h8H,2-7H2,1H3. The van der Waals surface area contributed by atoms with Gasteiger partial charge in [0.05, 0.1) is 0 Å². The Balaban J connectivity index is 2.00. The van der Waals surface area contributed by atoms with E-state index in [2.05, 4.69) is 0 Å². The van der Waals surface area contributed by atoms with Gasteiger partial charge >= 0.3 is 0 Å². The first-order valence-corrected chi connectivity index (χ1v) is 5.24. The summed E-state index contributed by atoms with van der Waals surface area (Å²) < 4.78 is 0. The molecule has 1 unspecified atom stereocenters. The lowest BCUT2D eigenvalue weighted by atomic mass is 10.2. The van der Waals surface area contributed by atoms with Crippen LogP contribution in [0.5, 0.6) is 0 Å². The Hall–Kier alpha value is -1.06. The van der Waals surface area contributed by atoms with Crippen molar-refractivity contribution >= 4 is 11.8 Å². The summed E-state index contributed by atoms with van der Waals surface area (Å²) in [6.45, 7) is 1.74. The van der Waals surface area contributed by atoms with E-state index in [0.29, 0.717) is 12.8 Å². The van der Waals surface area contributed by atoms with Gasteiger partial charge in [-0.2, -0.15) is 0 Å². The summed E-state index contributed by atoms with van der Waals surface area (Å²) in [5.41, 5.74) is 0. The molecule has 2 heterocycles. The molecule has 0 spiro atoms. The Morgan fingerprint density at radius 2 is 2.00 bits per heavy atom. The SMILES string of the molecule is CN1C(=O)CCC1C(=O)N1CCCC1. The fourth-order valence-electron chi connectivity index (χ4n) is 2.24. The summed E-state index contributed by atoms with van der Waals surface area (Å²) in [5, 5.41) is 0. The number of likely N-dealkylation sites (N-methyl/N-ethyl adjacent to an activating group) is 1. The summed E-state index contributed by atoms with van der Waals surface area (Å²) in [6.07, 6.45) is 3.44. The van der Waals surface area contributed by atoms with Crippen LogP contribution < -0.4 is 0 Å². The molecule has 0 aromatic heterocycles. The van der Waals surface area contributed by atoms with Crippen LogP contribution in [-0.4, -0.2) is 47.8 Å². The van der Waals surface area contributed by atoms with Crippen LogP contribution in [-0.2, 0) is 9.59 Å². The van der Waals surface area contributed by atoms with Crippen LogP contribution in [0.2, 0.25) is 0 Å². The second-order valence-electron chi connectivity index (χ2n) is 4.09. The van der Waals surface area contributed by atoms with E-state index in [4.69, 9.17) is 0 Å². The summed E-state index contributed by atoms with van der Waals surface area (Å²) >= 11 is 0. The summed E-state index contributed by atoms with van der Waals surface area (Å²) in [4.78, 5) is 26.7. The van der Waals surface area contributed by atoms with Crippen molar-refractivity contribution in [3.8, 4) is 0 Å². The Kier molecular flexibility index (Phi) is 2.44. The summed E-state index contributed by atoms with van der Waals surface area (Å²) in [6, 6.07) is -0.180. The average Bonchev–Trinajstić information content (AvgIpc) is 2.77. The number of carbonyl (C=O) groups is 2. The lowest BCUT2D eigenvalue weighted by molar-refractivity contribution is -0.139. The van der Waals surface area contributed by atoms with E-state index < -0.39 is 0 Å². The maximum absolute atomic E-state index is 11.9. The minimum absolute atomic E-state index is 0.0996. The van der Waals surface area contributed by atoms with Crippen molar-refractivity contribution < 1.29 is 9.59 Å². The number of amides is 2. The zero-order valence-electron chi connectivity index (χ0n) is 8.53. The minimum Gasteiger partial charge on any atom is -0.341 e. The highest BCUT2D eigenvalue weighted by Gasteiger charge is 2.36. The Labute approximate surface area is 83.9 Å². The highest BCUT2D eigenvalue weighted by atomic mass is 16.2. The molecule has 14 heavy (non-hydrogen) atoms. The van der Waals surface area contributed by atoms with E-state index in [1.165, 1.54) is 0 Å². The fraction of sp³-hybridized carbons (Fsp3) is 0.800. The van der Waals surface area contributed by atoms with Gasteiger partial charge in [0.1, 0.15) is 6.04 Å². The van der Waals surface area contributed by atoms with E-state index in [1.54, 1.807) is 11.9 Å². The van der Waals surface area contributed by atoms with Gasteiger partial charge < -0.3 is 9.80 Å². The molecule has 0 bridgehead atoms. The van der Waals surface area contributed by atoms with Gasteiger partial charge in [-0.05, 0) is 19.3 Å². The molecule has 4 heteroatoms. The van der Waals surface area contributed by atoms with Gasteiger partial charge in [-0.25, -0.2) is 0 Å². The molecule has 0 saturated carbocycles. The molecule has 2 saturated heterocycles. The monoisotopic (exact) mass is 196 g/mol. The van der Waals surface area contributed by atoms with Crippen LogP contribution in [0, 0.1) is 0 Å². The van der Waals surface area contributed by atoms with Crippen molar-refractivity contribution in [3.63, 3.8) is 0 Å². The number of carbonyl (C=O) groups excluding carboxylic acids is 2. The molecule has 0 aromatic carbocycles. The third-order valence-corrected chi connectivity index (χ3v) is 3.20. The number of hydrogen-bond donors (Lipinski definition) is 0. The molecule has 2 fully saturated rings. The summed E-state index contributed by atoms with van der Waals surface area (Å²) in [7, 11) is 1.73. The predicted octanol–water partition coefficient (Wildman–Crippen LogP) is 0.230. The average molecular weight is 196 g/mol. The Morgan fingerprint density at radius 3 is 2.50 bits per heavy atom. The molecule has 0 N–H and O–H groups in total. The van der Waals surface area contributed by atoms with Gasteiger partial charge in [0, 0.05) is 26.6 Å². The van der Waals surface area contributed by atoms with Crippen molar-refractivity contribution in [2.24, 2.45) is 0 Å². The van der Waals surface area contributed by atoms with Crippen LogP contribution >= 0.6 is 0 Å². The molecular formula is C10H16N2O2. The number of nitrogens with zero attached hydrogens (tertiary/aromatic N) is 2. The molecule has 2 amide bonds. The van der Waals surface area contributed by atoms with Gasteiger partial charge in [0.15, 0.2) is 0 Å². The summed E-state index contributed by atoms with van der Waals surface area (Å²) in [5.74, 6) is 0.249. The largest absolute Gasteiger partial charge is 0.341 e. The molecule has 2 rings (SSSR count). The van der Waals surface area contributed by atoms with E-state index in [0.717, 1.165) is 25.9 Å². The Bertz CT molecular complexity index is 259. The number of rotatable bonds is 1. The third-order valence-electron chi connectivity index (χ3n) is 3.20. The second-order valence-corrected chi connectivity index (χ2v) is 4.09. The molecule has 0 aromatic rings. The zero-order valence-corrected chi connectivity index (χ0v) is 8.53. The van der Waals surface area contributed by atoms with Crippen LogP contribution in [0.15, 0.2) is 0 Å². The van der Waals surface area contributed by atoms with Gasteiger partial charge in [-0.1, -0.05) is 0 Å². The highest BCUT2D eigenvalue weighted by Crippen LogP contribution is 2.20. The topological polar surface area (TPSA) is 40.6 Å². The normalized spacial score (nSPS) is 27.5. The molecule has 2 aliphatic heterocycles. The van der Waals surface area contributed by atoms with E-state index in [1.807, 2.05) is 4.90 Å². The van der Waals surface area contributed by atoms with E-state index in [-0.39, 0.29) is 17.9 Å². The molecule has 0 radical (unpaired) electrons.